The van der Waals surface area contributed by atoms with Crippen LogP contribution < -0.4 is 0 Å². The standard InChI is InChI=1S/C20H28O/c1-19-8-4-6-15(19)14-11-17-18-13(12-21-17)5-3-9-20(18,2)16(14)7-10-19/h12,14-16H,3-11H2,1-2H3/t14-,15-,16-,19-,20+/m0/s1. The molecule has 1 aromatic heterocycles. The van der Waals surface area contributed by atoms with Crippen LogP contribution in [-0.2, 0) is 18.3 Å². The van der Waals surface area contributed by atoms with Crippen LogP contribution in [0.3, 0.4) is 0 Å². The van der Waals surface area contributed by atoms with Gasteiger partial charge in [0.2, 0.25) is 0 Å². The molecule has 4 aliphatic carbocycles. The van der Waals surface area contributed by atoms with Crippen LogP contribution >= 0.6 is 0 Å². The first kappa shape index (κ1) is 12.8. The second-order valence-corrected chi connectivity index (χ2v) is 9.00. The molecule has 1 nitrogen and oxygen atoms in total. The molecule has 114 valence electrons. The first-order valence-corrected chi connectivity index (χ1v) is 9.22. The highest BCUT2D eigenvalue weighted by Gasteiger charge is 2.57. The van der Waals surface area contributed by atoms with Crippen LogP contribution in [0, 0.1) is 23.2 Å². The second-order valence-electron chi connectivity index (χ2n) is 9.00. The Bertz CT molecular complexity index is 585. The molecule has 2 saturated carbocycles. The first-order chi connectivity index (χ1) is 10.1. The number of hydrogen-bond acceptors (Lipinski definition) is 1. The fourth-order valence-corrected chi connectivity index (χ4v) is 7.17. The average molecular weight is 284 g/mol. The van der Waals surface area contributed by atoms with E-state index in [9.17, 15) is 0 Å². The summed E-state index contributed by atoms with van der Waals surface area (Å²) in [5.41, 5.74) is 4.30. The molecule has 0 saturated heterocycles. The number of rotatable bonds is 0. The van der Waals surface area contributed by atoms with Crippen molar-refractivity contribution in [3.05, 3.63) is 23.2 Å². The Kier molecular flexibility index (Phi) is 2.42. The molecule has 5 atom stereocenters. The summed E-state index contributed by atoms with van der Waals surface area (Å²) in [5, 5.41) is 0. The molecular formula is C20H28O. The smallest absolute Gasteiger partial charge is 0.108 e. The maximum Gasteiger partial charge on any atom is 0.108 e. The van der Waals surface area contributed by atoms with Crippen LogP contribution in [0.5, 0.6) is 0 Å². The van der Waals surface area contributed by atoms with Gasteiger partial charge in [-0.3, -0.25) is 0 Å². The van der Waals surface area contributed by atoms with Crippen molar-refractivity contribution in [2.24, 2.45) is 23.2 Å². The molecule has 0 amide bonds. The lowest BCUT2D eigenvalue weighted by molar-refractivity contribution is -0.0123. The minimum atomic E-state index is 0.433. The van der Waals surface area contributed by atoms with E-state index in [4.69, 9.17) is 4.42 Å². The lowest BCUT2D eigenvalue weighted by Gasteiger charge is -2.56. The maximum atomic E-state index is 6.08. The first-order valence-electron chi connectivity index (χ1n) is 9.22. The van der Waals surface area contributed by atoms with E-state index < -0.39 is 0 Å². The molecule has 5 rings (SSSR count). The van der Waals surface area contributed by atoms with Crippen LogP contribution in [0.1, 0.15) is 75.7 Å². The van der Waals surface area contributed by atoms with E-state index in [1.54, 1.807) is 11.1 Å². The van der Waals surface area contributed by atoms with E-state index in [0.717, 1.165) is 17.8 Å². The molecule has 0 spiro atoms. The van der Waals surface area contributed by atoms with Gasteiger partial charge in [-0.05, 0) is 79.1 Å². The average Bonchev–Trinajstić information content (AvgIpc) is 3.04. The summed E-state index contributed by atoms with van der Waals surface area (Å²) in [6, 6.07) is 0. The third kappa shape index (κ3) is 1.48. The fraction of sp³-hybridized carbons (Fsp3) is 0.800. The quantitative estimate of drug-likeness (QED) is 0.633. The van der Waals surface area contributed by atoms with Gasteiger partial charge in [-0.15, -0.1) is 0 Å². The van der Waals surface area contributed by atoms with Crippen LogP contribution in [0.4, 0.5) is 0 Å². The molecule has 4 aliphatic rings. The van der Waals surface area contributed by atoms with Crippen molar-refractivity contribution in [2.75, 3.05) is 0 Å². The number of fused-ring (bicyclic) bond motifs is 4. The Labute approximate surface area is 128 Å². The molecule has 2 fully saturated rings. The van der Waals surface area contributed by atoms with Crippen molar-refractivity contribution in [1.29, 1.82) is 0 Å². The Morgan fingerprint density at radius 1 is 1.05 bits per heavy atom. The van der Waals surface area contributed by atoms with Gasteiger partial charge >= 0.3 is 0 Å². The highest BCUT2D eigenvalue weighted by molar-refractivity contribution is 5.42. The van der Waals surface area contributed by atoms with Crippen LogP contribution in [0.25, 0.3) is 0 Å². The Morgan fingerprint density at radius 2 is 1.95 bits per heavy atom. The highest BCUT2D eigenvalue weighted by Crippen LogP contribution is 2.64. The Balaban J connectivity index is 1.64. The maximum absolute atomic E-state index is 6.08. The van der Waals surface area contributed by atoms with E-state index >= 15 is 0 Å². The SMILES string of the molecule is C[C@@]12CCC[C@H]1[C@@H]1Cc3occ4c3[C@](C)(CCC4)[C@H]1CC2. The van der Waals surface area contributed by atoms with Crippen LogP contribution in [0.15, 0.2) is 10.7 Å². The largest absolute Gasteiger partial charge is 0.469 e. The summed E-state index contributed by atoms with van der Waals surface area (Å²) in [5.74, 6) is 4.18. The zero-order valence-electron chi connectivity index (χ0n) is 13.6. The van der Waals surface area contributed by atoms with Crippen molar-refractivity contribution in [2.45, 2.75) is 77.0 Å². The van der Waals surface area contributed by atoms with Crippen molar-refractivity contribution >= 4 is 0 Å². The summed E-state index contributed by atoms with van der Waals surface area (Å²) in [6.07, 6.45) is 14.8. The van der Waals surface area contributed by atoms with Crippen molar-refractivity contribution in [1.82, 2.24) is 0 Å². The van der Waals surface area contributed by atoms with Gasteiger partial charge in [0.15, 0.2) is 0 Å². The van der Waals surface area contributed by atoms with Crippen LogP contribution in [-0.4, -0.2) is 0 Å². The topological polar surface area (TPSA) is 13.1 Å². The van der Waals surface area contributed by atoms with E-state index in [2.05, 4.69) is 20.1 Å². The van der Waals surface area contributed by atoms with E-state index in [1.807, 2.05) is 0 Å². The predicted molar refractivity (Wildman–Crippen MR) is 84.4 cm³/mol. The Morgan fingerprint density at radius 3 is 2.86 bits per heavy atom. The third-order valence-electron chi connectivity index (χ3n) is 8.11. The predicted octanol–water partition coefficient (Wildman–Crippen LogP) is 5.26. The minimum absolute atomic E-state index is 0.433. The normalized spacial score (nSPS) is 47.6. The summed E-state index contributed by atoms with van der Waals surface area (Å²) >= 11 is 0. The molecule has 0 aliphatic heterocycles. The molecule has 0 unspecified atom stereocenters. The summed E-state index contributed by atoms with van der Waals surface area (Å²) in [4.78, 5) is 0. The van der Waals surface area contributed by atoms with Gasteiger partial charge in [0, 0.05) is 12.0 Å². The van der Waals surface area contributed by atoms with Gasteiger partial charge in [0.25, 0.3) is 0 Å². The lowest BCUT2D eigenvalue weighted by Crippen LogP contribution is -2.51. The molecule has 0 bridgehead atoms. The molecule has 0 N–H and O–H groups in total. The van der Waals surface area contributed by atoms with Gasteiger partial charge < -0.3 is 4.42 Å². The zero-order valence-corrected chi connectivity index (χ0v) is 13.6. The molecule has 1 heteroatoms. The van der Waals surface area contributed by atoms with Crippen LogP contribution in [0.2, 0.25) is 0 Å². The van der Waals surface area contributed by atoms with Gasteiger partial charge in [-0.25, -0.2) is 0 Å². The third-order valence-corrected chi connectivity index (χ3v) is 8.11. The number of furan rings is 1. The van der Waals surface area contributed by atoms with Gasteiger partial charge in [0.1, 0.15) is 5.76 Å². The summed E-state index contributed by atoms with van der Waals surface area (Å²) < 4.78 is 6.08. The number of hydrogen-bond donors (Lipinski definition) is 0. The fourth-order valence-electron chi connectivity index (χ4n) is 7.17. The lowest BCUT2D eigenvalue weighted by atomic mass is 9.48. The van der Waals surface area contributed by atoms with Crippen molar-refractivity contribution in [3.63, 3.8) is 0 Å². The second kappa shape index (κ2) is 3.97. The van der Waals surface area contributed by atoms with Gasteiger partial charge in [-0.2, -0.15) is 0 Å². The zero-order chi connectivity index (χ0) is 14.2. The molecule has 21 heavy (non-hydrogen) atoms. The Hall–Kier alpha value is -0.720. The summed E-state index contributed by atoms with van der Waals surface area (Å²) in [7, 11) is 0. The minimum Gasteiger partial charge on any atom is -0.469 e. The van der Waals surface area contributed by atoms with Crippen molar-refractivity contribution < 1.29 is 4.42 Å². The van der Waals surface area contributed by atoms with E-state index in [0.29, 0.717) is 10.8 Å². The highest BCUT2D eigenvalue weighted by atomic mass is 16.3. The molecule has 1 heterocycles. The molecule has 1 aromatic rings. The van der Waals surface area contributed by atoms with Crippen molar-refractivity contribution in [3.8, 4) is 0 Å². The van der Waals surface area contributed by atoms with Gasteiger partial charge in [-0.1, -0.05) is 20.3 Å². The molecular weight excluding hydrogens is 256 g/mol. The molecule has 0 aromatic carbocycles. The monoisotopic (exact) mass is 284 g/mol. The van der Waals surface area contributed by atoms with E-state index in [1.165, 1.54) is 63.5 Å². The van der Waals surface area contributed by atoms with Gasteiger partial charge in [0.05, 0.1) is 6.26 Å². The summed E-state index contributed by atoms with van der Waals surface area (Å²) in [6.45, 7) is 5.17. The molecule has 0 radical (unpaired) electrons. The van der Waals surface area contributed by atoms with E-state index in [-0.39, 0.29) is 0 Å². The number of aryl methyl sites for hydroxylation is 1.